The molecule has 1 aliphatic carbocycles. The van der Waals surface area contributed by atoms with Gasteiger partial charge in [0.15, 0.2) is 5.65 Å². The Hall–Kier alpha value is -3.47. The van der Waals surface area contributed by atoms with Crippen molar-refractivity contribution >= 4 is 11.2 Å². The average Bonchev–Trinajstić information content (AvgIpc) is 3.59. The van der Waals surface area contributed by atoms with Gasteiger partial charge in [0.25, 0.3) is 0 Å². The van der Waals surface area contributed by atoms with Crippen LogP contribution in [0.5, 0.6) is 0 Å². The summed E-state index contributed by atoms with van der Waals surface area (Å²) in [6.07, 6.45) is 3.75. The van der Waals surface area contributed by atoms with Crippen LogP contribution in [0.25, 0.3) is 22.6 Å². The van der Waals surface area contributed by atoms with Crippen LogP contribution in [0.2, 0.25) is 0 Å². The van der Waals surface area contributed by atoms with Crippen LogP contribution in [0.1, 0.15) is 79.0 Å². The quantitative estimate of drug-likeness (QED) is 0.350. The van der Waals surface area contributed by atoms with Gasteiger partial charge in [-0.1, -0.05) is 0 Å². The summed E-state index contributed by atoms with van der Waals surface area (Å²) in [4.78, 5) is 23.0. The van der Waals surface area contributed by atoms with Gasteiger partial charge in [0.1, 0.15) is 17.0 Å². The molecule has 0 bridgehead atoms. The normalized spacial score (nSPS) is 22.5. The Kier molecular flexibility index (Phi) is 5.70. The molecule has 1 aliphatic heterocycles. The highest BCUT2D eigenvalue weighted by Crippen LogP contribution is 2.41. The number of hydrogen-bond acceptors (Lipinski definition) is 7. The zero-order valence-electron chi connectivity index (χ0n) is 20.7. The minimum absolute atomic E-state index is 0.0363. The molecule has 5 heterocycles. The van der Waals surface area contributed by atoms with Crippen LogP contribution in [0.15, 0.2) is 30.7 Å². The smallest absolute Gasteiger partial charge is 0.370 e. The summed E-state index contributed by atoms with van der Waals surface area (Å²) in [6.45, 7) is 5.70. The molecule has 0 radical (unpaired) electrons. The van der Waals surface area contributed by atoms with Gasteiger partial charge in [-0.15, -0.1) is 0 Å². The molecule has 0 spiro atoms. The summed E-state index contributed by atoms with van der Waals surface area (Å²) in [5, 5.41) is 4.51. The molecule has 11 heteroatoms. The SMILES string of the molecule is Cc1nc2nc([C@@H]3C[C@@H](c4cnn(C5CC5)c4)O[C@@H](C)C3)nc(-c3ccc(C(F)(F)F)cn3)c2nc1C. The maximum atomic E-state index is 13.1. The van der Waals surface area contributed by atoms with Crippen LogP contribution >= 0.6 is 0 Å². The molecule has 1 saturated heterocycles. The van der Waals surface area contributed by atoms with Gasteiger partial charge in [0.05, 0.1) is 47.1 Å². The van der Waals surface area contributed by atoms with Crippen molar-refractivity contribution in [2.24, 2.45) is 0 Å². The maximum absolute atomic E-state index is 13.1. The topological polar surface area (TPSA) is 91.5 Å². The third-order valence-electron chi connectivity index (χ3n) is 7.08. The lowest BCUT2D eigenvalue weighted by Crippen LogP contribution is -2.26. The van der Waals surface area contributed by atoms with E-state index in [0.717, 1.165) is 36.4 Å². The van der Waals surface area contributed by atoms with E-state index in [1.807, 2.05) is 31.6 Å². The lowest BCUT2D eigenvalue weighted by molar-refractivity contribution is -0.137. The van der Waals surface area contributed by atoms with Crippen molar-refractivity contribution in [2.45, 2.75) is 76.8 Å². The second-order valence-electron chi connectivity index (χ2n) is 10.0. The Morgan fingerprint density at radius 1 is 0.973 bits per heavy atom. The fourth-order valence-electron chi connectivity index (χ4n) is 4.82. The Bertz CT molecular complexity index is 1460. The lowest BCUT2D eigenvalue weighted by Gasteiger charge is -2.33. The zero-order chi connectivity index (χ0) is 25.9. The molecule has 0 aromatic carbocycles. The first-order chi connectivity index (χ1) is 17.7. The summed E-state index contributed by atoms with van der Waals surface area (Å²) in [7, 11) is 0. The molecular formula is C26H26F3N7O. The third-order valence-corrected chi connectivity index (χ3v) is 7.08. The molecule has 4 aromatic rings. The molecule has 3 atom stereocenters. The highest BCUT2D eigenvalue weighted by atomic mass is 19.4. The minimum atomic E-state index is -4.47. The summed E-state index contributed by atoms with van der Waals surface area (Å²) in [5.41, 5.74) is 3.13. The Morgan fingerprint density at radius 2 is 1.76 bits per heavy atom. The first-order valence-corrected chi connectivity index (χ1v) is 12.4. The molecule has 8 nitrogen and oxygen atoms in total. The number of aromatic nitrogens is 7. The van der Waals surface area contributed by atoms with E-state index in [4.69, 9.17) is 14.7 Å². The van der Waals surface area contributed by atoms with E-state index in [1.165, 1.54) is 6.07 Å². The fourth-order valence-corrected chi connectivity index (χ4v) is 4.82. The third kappa shape index (κ3) is 4.68. The molecule has 0 amide bonds. The first kappa shape index (κ1) is 23.9. The van der Waals surface area contributed by atoms with E-state index < -0.39 is 11.7 Å². The monoisotopic (exact) mass is 509 g/mol. The second kappa shape index (κ2) is 8.83. The van der Waals surface area contributed by atoms with Crippen LogP contribution in [-0.4, -0.2) is 40.8 Å². The molecule has 1 saturated carbocycles. The molecule has 37 heavy (non-hydrogen) atoms. The van der Waals surface area contributed by atoms with E-state index in [2.05, 4.69) is 26.2 Å². The Morgan fingerprint density at radius 3 is 2.46 bits per heavy atom. The van der Waals surface area contributed by atoms with E-state index in [9.17, 15) is 13.2 Å². The summed E-state index contributed by atoms with van der Waals surface area (Å²) in [6, 6.07) is 2.82. The number of hydrogen-bond donors (Lipinski definition) is 0. The summed E-state index contributed by atoms with van der Waals surface area (Å²) >= 11 is 0. The van der Waals surface area contributed by atoms with Crippen LogP contribution in [0, 0.1) is 13.8 Å². The van der Waals surface area contributed by atoms with Crippen molar-refractivity contribution in [2.75, 3.05) is 0 Å². The van der Waals surface area contributed by atoms with E-state index in [-0.39, 0.29) is 18.1 Å². The van der Waals surface area contributed by atoms with Gasteiger partial charge in [-0.3, -0.25) is 9.67 Å². The van der Waals surface area contributed by atoms with Gasteiger partial charge in [0, 0.05) is 23.9 Å². The van der Waals surface area contributed by atoms with Crippen molar-refractivity contribution in [3.63, 3.8) is 0 Å². The number of fused-ring (bicyclic) bond motifs is 1. The predicted octanol–water partition coefficient (Wildman–Crippen LogP) is 5.67. The van der Waals surface area contributed by atoms with Crippen molar-refractivity contribution in [3.8, 4) is 11.4 Å². The highest BCUT2D eigenvalue weighted by molar-refractivity contribution is 5.85. The molecule has 0 unspecified atom stereocenters. The molecule has 6 rings (SSSR count). The predicted molar refractivity (Wildman–Crippen MR) is 129 cm³/mol. The van der Waals surface area contributed by atoms with E-state index in [1.54, 1.807) is 0 Å². The number of ether oxygens (including phenoxy) is 1. The van der Waals surface area contributed by atoms with Crippen molar-refractivity contribution < 1.29 is 17.9 Å². The summed E-state index contributed by atoms with van der Waals surface area (Å²) in [5.74, 6) is 0.524. The number of aryl methyl sites for hydroxylation is 2. The number of alkyl halides is 3. The number of halogens is 3. The summed E-state index contributed by atoms with van der Waals surface area (Å²) < 4.78 is 47.7. The number of pyridine rings is 1. The highest BCUT2D eigenvalue weighted by Gasteiger charge is 2.34. The lowest BCUT2D eigenvalue weighted by atomic mass is 9.89. The Labute approximate surface area is 211 Å². The van der Waals surface area contributed by atoms with Gasteiger partial charge < -0.3 is 4.74 Å². The zero-order valence-corrected chi connectivity index (χ0v) is 20.7. The molecule has 192 valence electrons. The standard InChI is InChI=1S/C26H26F3N7O/c1-13-8-16(9-21(37-13)17-10-31-36(12-17)19-5-6-19)24-34-22(20-7-4-18(11-30-20)26(27,28)29)23-25(35-24)33-15(3)14(2)32-23/h4,7,10-13,16,19,21H,5-6,8-9H2,1-3H3/t13-,16-,21-/m0/s1. The Balaban J connectivity index is 1.40. The maximum Gasteiger partial charge on any atom is 0.417 e. The molecule has 2 fully saturated rings. The van der Waals surface area contributed by atoms with Crippen LogP contribution < -0.4 is 0 Å². The van der Waals surface area contributed by atoms with Crippen LogP contribution in [0.4, 0.5) is 13.2 Å². The largest absolute Gasteiger partial charge is 0.417 e. The molecule has 0 N–H and O–H groups in total. The van der Waals surface area contributed by atoms with Crippen molar-refractivity contribution in [1.29, 1.82) is 0 Å². The average molecular weight is 510 g/mol. The first-order valence-electron chi connectivity index (χ1n) is 12.4. The van der Waals surface area contributed by atoms with Crippen LogP contribution in [0.3, 0.4) is 0 Å². The molecule has 2 aliphatic rings. The van der Waals surface area contributed by atoms with Gasteiger partial charge >= 0.3 is 6.18 Å². The molecule has 4 aromatic heterocycles. The van der Waals surface area contributed by atoms with Gasteiger partial charge in [0.2, 0.25) is 0 Å². The van der Waals surface area contributed by atoms with E-state index >= 15 is 0 Å². The van der Waals surface area contributed by atoms with Crippen molar-refractivity contribution in [3.05, 3.63) is 59.1 Å². The number of nitrogens with zero attached hydrogens (tertiary/aromatic N) is 7. The van der Waals surface area contributed by atoms with E-state index in [0.29, 0.717) is 53.0 Å². The second-order valence-corrected chi connectivity index (χ2v) is 10.0. The molecular weight excluding hydrogens is 483 g/mol. The van der Waals surface area contributed by atoms with Gasteiger partial charge in [-0.05, 0) is 58.6 Å². The van der Waals surface area contributed by atoms with Crippen molar-refractivity contribution in [1.82, 2.24) is 34.7 Å². The minimum Gasteiger partial charge on any atom is -0.370 e. The van der Waals surface area contributed by atoms with Gasteiger partial charge in [-0.25, -0.2) is 19.9 Å². The fraction of sp³-hybridized carbons (Fsp3) is 0.462. The van der Waals surface area contributed by atoms with Crippen LogP contribution in [-0.2, 0) is 10.9 Å². The number of rotatable bonds is 4. The van der Waals surface area contributed by atoms with Gasteiger partial charge in [-0.2, -0.15) is 18.3 Å².